The molecule has 0 spiro atoms. The van der Waals surface area contributed by atoms with Gasteiger partial charge in [-0.05, 0) is 12.1 Å². The first-order valence-corrected chi connectivity index (χ1v) is 5.03. The zero-order valence-corrected chi connectivity index (χ0v) is 8.13. The molecule has 0 aliphatic heterocycles. The number of amidine groups is 1. The van der Waals surface area contributed by atoms with Gasteiger partial charge in [0.05, 0.1) is 5.69 Å². The number of hydrogen-bond donors (Lipinski definition) is 2. The fourth-order valence-corrected chi connectivity index (χ4v) is 1.32. The Balaban J connectivity index is 2.55. The Bertz CT molecular complexity index is 271. The summed E-state index contributed by atoms with van der Waals surface area (Å²) in [4.78, 5) is 4.20. The zero-order chi connectivity index (χ0) is 9.52. The second kappa shape index (κ2) is 5.61. The highest BCUT2D eigenvalue weighted by atomic mass is 32.2. The highest BCUT2D eigenvalue weighted by Gasteiger charge is 1.92. The molecular weight excluding hydrogens is 182 g/mol. The van der Waals surface area contributed by atoms with E-state index >= 15 is 0 Å². The fourth-order valence-electron chi connectivity index (χ4n) is 0.826. The van der Waals surface area contributed by atoms with Gasteiger partial charge < -0.3 is 11.5 Å². The molecule has 4 N–H and O–H groups in total. The molecule has 0 radical (unpaired) electrons. The Labute approximate surface area is 82.2 Å². The zero-order valence-electron chi connectivity index (χ0n) is 7.31. The maximum absolute atomic E-state index is 5.65. The summed E-state index contributed by atoms with van der Waals surface area (Å²) < 4.78 is 0. The Kier molecular flexibility index (Phi) is 4.35. The van der Waals surface area contributed by atoms with Gasteiger partial charge in [0, 0.05) is 12.3 Å². The van der Waals surface area contributed by atoms with Crippen LogP contribution >= 0.6 is 11.8 Å². The predicted octanol–water partition coefficient (Wildman–Crippen LogP) is 1.32. The molecule has 0 saturated heterocycles. The van der Waals surface area contributed by atoms with Crippen LogP contribution in [0.4, 0.5) is 5.69 Å². The summed E-state index contributed by atoms with van der Waals surface area (Å²) in [7, 11) is 0. The summed E-state index contributed by atoms with van der Waals surface area (Å²) in [6.07, 6.45) is 0. The number of benzene rings is 1. The van der Waals surface area contributed by atoms with Crippen molar-refractivity contribution in [3.8, 4) is 0 Å². The molecule has 4 heteroatoms. The van der Waals surface area contributed by atoms with Crippen LogP contribution < -0.4 is 11.5 Å². The predicted molar refractivity (Wildman–Crippen MR) is 59.2 cm³/mol. The first-order chi connectivity index (χ1) is 6.33. The Morgan fingerprint density at radius 2 is 2.00 bits per heavy atom. The molecule has 0 aromatic heterocycles. The third kappa shape index (κ3) is 3.96. The van der Waals surface area contributed by atoms with Crippen molar-refractivity contribution in [3.63, 3.8) is 0 Å². The van der Waals surface area contributed by atoms with E-state index in [2.05, 4.69) is 4.99 Å². The average molecular weight is 195 g/mol. The summed E-state index contributed by atoms with van der Waals surface area (Å²) in [5, 5.41) is 0.566. The molecule has 0 atom stereocenters. The second-order valence-electron chi connectivity index (χ2n) is 2.42. The molecule has 0 fully saturated rings. The van der Waals surface area contributed by atoms with Gasteiger partial charge in [-0.15, -0.1) is 0 Å². The minimum atomic E-state index is 0.566. The van der Waals surface area contributed by atoms with Gasteiger partial charge in [-0.25, -0.2) is 4.99 Å². The molecule has 0 aliphatic rings. The van der Waals surface area contributed by atoms with Gasteiger partial charge in [0.25, 0.3) is 0 Å². The molecule has 1 rings (SSSR count). The molecule has 0 unspecified atom stereocenters. The molecule has 70 valence electrons. The minimum absolute atomic E-state index is 0.566. The van der Waals surface area contributed by atoms with Crippen LogP contribution in [0.2, 0.25) is 0 Å². The standard InChI is InChI=1S/C9H13N3S/c10-6-7-13-9(11)12-8-4-2-1-3-5-8/h1-5H,6-7,10H2,(H2,11,12). The van der Waals surface area contributed by atoms with E-state index in [-0.39, 0.29) is 0 Å². The number of thioether (sulfide) groups is 1. The normalized spacial score (nSPS) is 11.6. The lowest BCUT2D eigenvalue weighted by atomic mass is 10.3. The van der Waals surface area contributed by atoms with Gasteiger partial charge in [0.1, 0.15) is 0 Å². The van der Waals surface area contributed by atoms with Gasteiger partial charge in [-0.1, -0.05) is 30.0 Å². The van der Waals surface area contributed by atoms with Crippen LogP contribution in [0, 0.1) is 0 Å². The van der Waals surface area contributed by atoms with E-state index in [0.29, 0.717) is 11.7 Å². The number of nitrogens with two attached hydrogens (primary N) is 2. The second-order valence-corrected chi connectivity index (χ2v) is 3.54. The summed E-state index contributed by atoms with van der Waals surface area (Å²) >= 11 is 1.47. The van der Waals surface area contributed by atoms with E-state index in [0.717, 1.165) is 11.4 Å². The van der Waals surface area contributed by atoms with Crippen molar-refractivity contribution >= 4 is 22.6 Å². The van der Waals surface area contributed by atoms with Gasteiger partial charge >= 0.3 is 0 Å². The minimum Gasteiger partial charge on any atom is -0.378 e. The number of rotatable bonds is 3. The van der Waals surface area contributed by atoms with Crippen LogP contribution in [0.15, 0.2) is 35.3 Å². The monoisotopic (exact) mass is 195 g/mol. The maximum Gasteiger partial charge on any atom is 0.159 e. The van der Waals surface area contributed by atoms with Gasteiger partial charge in [-0.3, -0.25) is 0 Å². The number of aliphatic imine (C=N–C) groups is 1. The molecule has 0 aliphatic carbocycles. The molecular formula is C9H13N3S. The lowest BCUT2D eigenvalue weighted by molar-refractivity contribution is 1.15. The maximum atomic E-state index is 5.65. The van der Waals surface area contributed by atoms with Crippen molar-refractivity contribution in [1.29, 1.82) is 0 Å². The molecule has 0 amide bonds. The quantitative estimate of drug-likeness (QED) is 0.565. The van der Waals surface area contributed by atoms with Crippen molar-refractivity contribution in [3.05, 3.63) is 30.3 Å². The molecule has 0 bridgehead atoms. The van der Waals surface area contributed by atoms with Crippen molar-refractivity contribution in [2.24, 2.45) is 16.5 Å². The van der Waals surface area contributed by atoms with Crippen molar-refractivity contribution < 1.29 is 0 Å². The van der Waals surface area contributed by atoms with Crippen molar-refractivity contribution in [2.45, 2.75) is 0 Å². The van der Waals surface area contributed by atoms with Gasteiger partial charge in [0.2, 0.25) is 0 Å². The number of hydrogen-bond acceptors (Lipinski definition) is 3. The summed E-state index contributed by atoms with van der Waals surface area (Å²) in [6.45, 7) is 0.621. The van der Waals surface area contributed by atoms with E-state index in [1.54, 1.807) is 0 Å². The molecule has 0 heterocycles. The highest BCUT2D eigenvalue weighted by molar-refractivity contribution is 8.13. The Morgan fingerprint density at radius 3 is 2.62 bits per heavy atom. The lowest BCUT2D eigenvalue weighted by Gasteiger charge is -1.98. The first-order valence-electron chi connectivity index (χ1n) is 4.05. The third-order valence-electron chi connectivity index (χ3n) is 1.36. The highest BCUT2D eigenvalue weighted by Crippen LogP contribution is 2.12. The first kappa shape index (κ1) is 10.1. The number of para-hydroxylation sites is 1. The van der Waals surface area contributed by atoms with Crippen LogP contribution in [0.5, 0.6) is 0 Å². The Hall–Kier alpha value is -1.00. The smallest absolute Gasteiger partial charge is 0.159 e. The van der Waals surface area contributed by atoms with Gasteiger partial charge in [0.15, 0.2) is 5.17 Å². The van der Waals surface area contributed by atoms with Crippen LogP contribution in [-0.4, -0.2) is 17.5 Å². The van der Waals surface area contributed by atoms with E-state index in [4.69, 9.17) is 11.5 Å². The van der Waals surface area contributed by atoms with E-state index in [1.807, 2.05) is 30.3 Å². The van der Waals surface area contributed by atoms with Crippen LogP contribution in [0.3, 0.4) is 0 Å². The average Bonchev–Trinajstić information content (AvgIpc) is 2.16. The topological polar surface area (TPSA) is 64.4 Å². The molecule has 13 heavy (non-hydrogen) atoms. The summed E-state index contributed by atoms with van der Waals surface area (Å²) in [5.74, 6) is 0.808. The van der Waals surface area contributed by atoms with E-state index in [1.165, 1.54) is 11.8 Å². The molecule has 1 aromatic carbocycles. The fraction of sp³-hybridized carbons (Fsp3) is 0.222. The molecule has 3 nitrogen and oxygen atoms in total. The van der Waals surface area contributed by atoms with E-state index in [9.17, 15) is 0 Å². The largest absolute Gasteiger partial charge is 0.378 e. The molecule has 1 aromatic rings. The Morgan fingerprint density at radius 1 is 1.31 bits per heavy atom. The lowest BCUT2D eigenvalue weighted by Crippen LogP contribution is -2.10. The van der Waals surface area contributed by atoms with Crippen molar-refractivity contribution in [2.75, 3.05) is 12.3 Å². The summed E-state index contributed by atoms with van der Waals surface area (Å²) in [5.41, 5.74) is 11.9. The third-order valence-corrected chi connectivity index (χ3v) is 2.19. The van der Waals surface area contributed by atoms with Gasteiger partial charge in [-0.2, -0.15) is 0 Å². The molecule has 0 saturated carbocycles. The van der Waals surface area contributed by atoms with Crippen molar-refractivity contribution in [1.82, 2.24) is 0 Å². The van der Waals surface area contributed by atoms with Crippen LogP contribution in [0.25, 0.3) is 0 Å². The number of nitrogens with zero attached hydrogens (tertiary/aromatic N) is 1. The summed E-state index contributed by atoms with van der Waals surface area (Å²) in [6, 6.07) is 9.63. The van der Waals surface area contributed by atoms with Crippen LogP contribution in [-0.2, 0) is 0 Å². The SMILES string of the molecule is NCCSC(N)=Nc1ccccc1. The van der Waals surface area contributed by atoms with E-state index < -0.39 is 0 Å². The van der Waals surface area contributed by atoms with Crippen LogP contribution in [0.1, 0.15) is 0 Å².